The Morgan fingerprint density at radius 1 is 1.20 bits per heavy atom. The molecular formula is C12H18NO2. The number of ether oxygens (including phenoxy) is 2. The topological polar surface area (TPSA) is 30.5 Å². The summed E-state index contributed by atoms with van der Waals surface area (Å²) in [4.78, 5) is 0. The Morgan fingerprint density at radius 3 is 2.53 bits per heavy atom. The second-order valence-corrected chi connectivity index (χ2v) is 3.29. The Morgan fingerprint density at radius 2 is 1.93 bits per heavy atom. The Hall–Kier alpha value is -1.22. The van der Waals surface area contributed by atoms with E-state index in [1.807, 2.05) is 12.1 Å². The van der Waals surface area contributed by atoms with Crippen molar-refractivity contribution >= 4 is 0 Å². The summed E-state index contributed by atoms with van der Waals surface area (Å²) in [6.45, 7) is 0.925. The van der Waals surface area contributed by atoms with Gasteiger partial charge >= 0.3 is 0 Å². The number of rotatable bonds is 6. The van der Waals surface area contributed by atoms with Crippen LogP contribution in [0.2, 0.25) is 0 Å². The molecule has 0 fully saturated rings. The molecule has 0 spiro atoms. The highest BCUT2D eigenvalue weighted by atomic mass is 16.5. The molecular weight excluding hydrogens is 190 g/mol. The molecule has 0 aliphatic rings. The lowest BCUT2D eigenvalue weighted by atomic mass is 10.1. The van der Waals surface area contributed by atoms with Gasteiger partial charge in [-0.2, -0.15) is 0 Å². The minimum atomic E-state index is 0.775. The van der Waals surface area contributed by atoms with Crippen LogP contribution < -0.4 is 14.8 Å². The van der Waals surface area contributed by atoms with Crippen molar-refractivity contribution in [3.63, 3.8) is 0 Å². The SMILES string of the molecule is [CH2]NCCCc1ccc(OC)c(OC)c1. The fraction of sp³-hybridized carbons (Fsp3) is 0.417. The maximum Gasteiger partial charge on any atom is 0.160 e. The maximum atomic E-state index is 5.23. The smallest absolute Gasteiger partial charge is 0.160 e. The van der Waals surface area contributed by atoms with Gasteiger partial charge in [0.2, 0.25) is 0 Å². The van der Waals surface area contributed by atoms with Gasteiger partial charge in [-0.25, -0.2) is 0 Å². The van der Waals surface area contributed by atoms with E-state index in [0.717, 1.165) is 30.9 Å². The molecule has 83 valence electrons. The predicted molar refractivity (Wildman–Crippen MR) is 61.2 cm³/mol. The van der Waals surface area contributed by atoms with E-state index < -0.39 is 0 Å². The molecule has 0 atom stereocenters. The van der Waals surface area contributed by atoms with Crippen LogP contribution in [0.15, 0.2) is 18.2 Å². The molecule has 1 N–H and O–H groups in total. The Balaban J connectivity index is 2.66. The molecule has 1 rings (SSSR count). The van der Waals surface area contributed by atoms with E-state index in [0.29, 0.717) is 0 Å². The molecule has 15 heavy (non-hydrogen) atoms. The third-order valence-corrected chi connectivity index (χ3v) is 2.27. The van der Waals surface area contributed by atoms with Crippen molar-refractivity contribution in [2.45, 2.75) is 12.8 Å². The lowest BCUT2D eigenvalue weighted by Crippen LogP contribution is -2.05. The first kappa shape index (κ1) is 11.9. The van der Waals surface area contributed by atoms with Gasteiger partial charge < -0.3 is 14.8 Å². The zero-order chi connectivity index (χ0) is 11.1. The zero-order valence-electron chi connectivity index (χ0n) is 9.38. The van der Waals surface area contributed by atoms with E-state index in [9.17, 15) is 0 Å². The summed E-state index contributed by atoms with van der Waals surface area (Å²) in [5.41, 5.74) is 1.25. The van der Waals surface area contributed by atoms with Crippen LogP contribution in [0, 0.1) is 7.05 Å². The summed E-state index contributed by atoms with van der Waals surface area (Å²) < 4.78 is 10.4. The summed E-state index contributed by atoms with van der Waals surface area (Å²) >= 11 is 0. The molecule has 0 bridgehead atoms. The molecule has 1 aromatic carbocycles. The van der Waals surface area contributed by atoms with E-state index in [4.69, 9.17) is 9.47 Å². The van der Waals surface area contributed by atoms with Crippen LogP contribution in [0.4, 0.5) is 0 Å². The maximum absolute atomic E-state index is 5.23. The second kappa shape index (κ2) is 6.30. The minimum Gasteiger partial charge on any atom is -0.493 e. The molecule has 1 aromatic rings. The summed E-state index contributed by atoms with van der Waals surface area (Å²) in [7, 11) is 6.88. The van der Waals surface area contributed by atoms with Gasteiger partial charge in [0.25, 0.3) is 0 Å². The van der Waals surface area contributed by atoms with Gasteiger partial charge in [-0.15, -0.1) is 0 Å². The minimum absolute atomic E-state index is 0.775. The third-order valence-electron chi connectivity index (χ3n) is 2.27. The zero-order valence-corrected chi connectivity index (χ0v) is 9.38. The fourth-order valence-corrected chi connectivity index (χ4v) is 1.45. The van der Waals surface area contributed by atoms with Crippen LogP contribution in [0.1, 0.15) is 12.0 Å². The number of hydrogen-bond donors (Lipinski definition) is 1. The lowest BCUT2D eigenvalue weighted by Gasteiger charge is -2.09. The predicted octanol–water partition coefficient (Wildman–Crippen LogP) is 2.02. The molecule has 0 amide bonds. The number of nitrogens with one attached hydrogen (secondary N) is 1. The van der Waals surface area contributed by atoms with Gasteiger partial charge in [0, 0.05) is 7.05 Å². The molecule has 3 nitrogen and oxygen atoms in total. The van der Waals surface area contributed by atoms with Gasteiger partial charge in [-0.1, -0.05) is 6.07 Å². The summed E-state index contributed by atoms with van der Waals surface area (Å²) in [5, 5.41) is 2.88. The first-order chi connectivity index (χ1) is 7.31. The molecule has 0 aliphatic heterocycles. The molecule has 1 radical (unpaired) electrons. The highest BCUT2D eigenvalue weighted by Crippen LogP contribution is 2.27. The number of benzene rings is 1. The highest BCUT2D eigenvalue weighted by molar-refractivity contribution is 5.42. The van der Waals surface area contributed by atoms with Crippen LogP contribution in [0.25, 0.3) is 0 Å². The van der Waals surface area contributed by atoms with Crippen molar-refractivity contribution in [3.05, 3.63) is 30.8 Å². The van der Waals surface area contributed by atoms with Gasteiger partial charge in [-0.3, -0.25) is 0 Å². The van der Waals surface area contributed by atoms with E-state index >= 15 is 0 Å². The largest absolute Gasteiger partial charge is 0.493 e. The first-order valence-electron chi connectivity index (χ1n) is 5.02. The Bertz CT molecular complexity index is 300. The molecule has 0 unspecified atom stereocenters. The van der Waals surface area contributed by atoms with Crippen molar-refractivity contribution in [2.75, 3.05) is 20.8 Å². The van der Waals surface area contributed by atoms with Crippen LogP contribution in [0.3, 0.4) is 0 Å². The number of aryl methyl sites for hydroxylation is 1. The van der Waals surface area contributed by atoms with Gasteiger partial charge in [-0.05, 0) is 37.1 Å². The van der Waals surface area contributed by atoms with E-state index in [1.54, 1.807) is 14.2 Å². The van der Waals surface area contributed by atoms with Gasteiger partial charge in [0.05, 0.1) is 14.2 Å². The second-order valence-electron chi connectivity index (χ2n) is 3.29. The lowest BCUT2D eigenvalue weighted by molar-refractivity contribution is 0.354. The first-order valence-corrected chi connectivity index (χ1v) is 5.02. The molecule has 0 aromatic heterocycles. The van der Waals surface area contributed by atoms with Crippen molar-refractivity contribution in [1.82, 2.24) is 5.32 Å². The van der Waals surface area contributed by atoms with Gasteiger partial charge in [0.1, 0.15) is 0 Å². The van der Waals surface area contributed by atoms with Crippen molar-refractivity contribution in [2.24, 2.45) is 0 Å². The van der Waals surface area contributed by atoms with Crippen molar-refractivity contribution < 1.29 is 9.47 Å². The van der Waals surface area contributed by atoms with E-state index in [2.05, 4.69) is 18.4 Å². The van der Waals surface area contributed by atoms with Crippen LogP contribution in [0.5, 0.6) is 11.5 Å². The van der Waals surface area contributed by atoms with Crippen molar-refractivity contribution in [3.8, 4) is 11.5 Å². The summed E-state index contributed by atoms with van der Waals surface area (Å²) in [6, 6.07) is 6.01. The Kier molecular flexibility index (Phi) is 4.98. The third kappa shape index (κ3) is 3.44. The molecule has 0 aliphatic carbocycles. The monoisotopic (exact) mass is 208 g/mol. The van der Waals surface area contributed by atoms with E-state index in [-0.39, 0.29) is 0 Å². The summed E-state index contributed by atoms with van der Waals surface area (Å²) in [6.07, 6.45) is 2.09. The fourth-order valence-electron chi connectivity index (χ4n) is 1.45. The molecule has 0 saturated heterocycles. The highest BCUT2D eigenvalue weighted by Gasteiger charge is 2.03. The Labute approximate surface area is 91.4 Å². The quantitative estimate of drug-likeness (QED) is 0.725. The van der Waals surface area contributed by atoms with Crippen LogP contribution >= 0.6 is 0 Å². The molecule has 0 saturated carbocycles. The van der Waals surface area contributed by atoms with Crippen LogP contribution in [-0.2, 0) is 6.42 Å². The summed E-state index contributed by atoms with van der Waals surface area (Å²) in [5.74, 6) is 1.56. The normalized spacial score (nSPS) is 10.1. The molecule has 3 heteroatoms. The van der Waals surface area contributed by atoms with E-state index in [1.165, 1.54) is 5.56 Å². The standard InChI is InChI=1S/C12H18NO2/c1-13-8-4-5-10-6-7-11(14-2)12(9-10)15-3/h6-7,9,13H,1,4-5,8H2,2-3H3. The average molecular weight is 208 g/mol. The number of hydrogen-bond acceptors (Lipinski definition) is 3. The van der Waals surface area contributed by atoms with Crippen molar-refractivity contribution in [1.29, 1.82) is 0 Å². The van der Waals surface area contributed by atoms with Gasteiger partial charge in [0.15, 0.2) is 11.5 Å². The molecule has 0 heterocycles. The van der Waals surface area contributed by atoms with Crippen LogP contribution in [-0.4, -0.2) is 20.8 Å². The average Bonchev–Trinajstić information content (AvgIpc) is 2.29. The number of methoxy groups -OCH3 is 2.